The maximum Gasteiger partial charge on any atom is 0.346 e. The van der Waals surface area contributed by atoms with Crippen molar-refractivity contribution >= 4 is 17.6 Å². The molecule has 1 amide bonds. The van der Waals surface area contributed by atoms with Crippen LogP contribution in [-0.2, 0) is 9.59 Å². The van der Waals surface area contributed by atoms with E-state index in [1.807, 2.05) is 13.0 Å². The number of para-hydroxylation sites is 2. The summed E-state index contributed by atoms with van der Waals surface area (Å²) in [7, 11) is 0. The van der Waals surface area contributed by atoms with Gasteiger partial charge in [-0.25, -0.2) is 4.79 Å². The molecule has 2 atom stereocenters. The van der Waals surface area contributed by atoms with Gasteiger partial charge in [0.15, 0.2) is 0 Å². The number of carboxylic acid groups (broad SMARTS) is 1. The Balaban J connectivity index is 1.96. The predicted octanol–water partition coefficient (Wildman–Crippen LogP) is 0.865. The molecule has 2 aliphatic heterocycles. The highest BCUT2D eigenvalue weighted by Gasteiger charge is 2.43. The molecule has 1 fully saturated rings. The minimum Gasteiger partial charge on any atom is -0.478 e. The van der Waals surface area contributed by atoms with E-state index in [1.165, 1.54) is 0 Å². The Kier molecular flexibility index (Phi) is 3.33. The number of amides is 1. The fourth-order valence-corrected chi connectivity index (χ4v) is 2.88. The molecule has 0 aliphatic carbocycles. The van der Waals surface area contributed by atoms with Crippen molar-refractivity contribution in [1.82, 2.24) is 5.32 Å². The number of carbonyl (C=O) groups is 2. The molecular formula is C15H18N2O4. The molecule has 0 aromatic heterocycles. The zero-order chi connectivity index (χ0) is 15.0. The third-order valence-corrected chi connectivity index (χ3v) is 4.18. The second-order valence-electron chi connectivity index (χ2n) is 5.82. The van der Waals surface area contributed by atoms with E-state index in [-0.39, 0.29) is 12.5 Å². The van der Waals surface area contributed by atoms with Gasteiger partial charge in [-0.3, -0.25) is 4.79 Å². The van der Waals surface area contributed by atoms with Crippen molar-refractivity contribution in [2.24, 2.45) is 5.41 Å². The minimum atomic E-state index is -1.06. The molecule has 2 N–H and O–H groups in total. The van der Waals surface area contributed by atoms with E-state index < -0.39 is 17.5 Å². The van der Waals surface area contributed by atoms with Crippen LogP contribution >= 0.6 is 0 Å². The Bertz CT molecular complexity index is 581. The fourth-order valence-electron chi connectivity index (χ4n) is 2.88. The quantitative estimate of drug-likeness (QED) is 0.845. The van der Waals surface area contributed by atoms with Crippen molar-refractivity contribution in [3.05, 3.63) is 24.3 Å². The molecular weight excluding hydrogens is 272 g/mol. The number of aliphatic carboxylic acids is 1. The van der Waals surface area contributed by atoms with E-state index in [9.17, 15) is 14.7 Å². The average molecular weight is 290 g/mol. The van der Waals surface area contributed by atoms with E-state index in [4.69, 9.17) is 4.74 Å². The Morgan fingerprint density at radius 2 is 2.19 bits per heavy atom. The summed E-state index contributed by atoms with van der Waals surface area (Å²) in [5.74, 6) is -0.662. The van der Waals surface area contributed by atoms with Crippen LogP contribution in [0.4, 0.5) is 5.69 Å². The summed E-state index contributed by atoms with van der Waals surface area (Å²) in [6.07, 6.45) is -0.273. The van der Waals surface area contributed by atoms with E-state index >= 15 is 0 Å². The standard InChI is InChI=1S/C15H18N2O4/c1-15(6-7-16-9-15)14(20)17-8-12(13(18)19)21-11-5-3-2-4-10(11)17/h2-5,12,16H,6-9H2,1H3,(H,18,19). The van der Waals surface area contributed by atoms with Crippen LogP contribution in [0.3, 0.4) is 0 Å². The number of hydrogen-bond donors (Lipinski definition) is 2. The van der Waals surface area contributed by atoms with Gasteiger partial charge >= 0.3 is 5.97 Å². The molecule has 1 saturated heterocycles. The number of rotatable bonds is 2. The number of ether oxygens (including phenoxy) is 1. The minimum absolute atomic E-state index is 0.0424. The highest BCUT2D eigenvalue weighted by Crippen LogP contribution is 2.37. The van der Waals surface area contributed by atoms with Crippen molar-refractivity contribution in [3.8, 4) is 5.75 Å². The van der Waals surface area contributed by atoms with Crippen LogP contribution in [0.2, 0.25) is 0 Å². The first kappa shape index (κ1) is 13.9. The third-order valence-electron chi connectivity index (χ3n) is 4.18. The van der Waals surface area contributed by atoms with Crippen LogP contribution in [0.25, 0.3) is 0 Å². The number of fused-ring (bicyclic) bond motifs is 1. The van der Waals surface area contributed by atoms with Gasteiger partial charge in [0, 0.05) is 6.54 Å². The predicted molar refractivity (Wildman–Crippen MR) is 76.4 cm³/mol. The van der Waals surface area contributed by atoms with Gasteiger partial charge in [-0.2, -0.15) is 0 Å². The first-order valence-electron chi connectivity index (χ1n) is 7.02. The van der Waals surface area contributed by atoms with Crippen LogP contribution in [0.15, 0.2) is 24.3 Å². The number of carboxylic acids is 1. The van der Waals surface area contributed by atoms with E-state index in [2.05, 4.69) is 5.32 Å². The van der Waals surface area contributed by atoms with E-state index in [0.29, 0.717) is 18.0 Å². The van der Waals surface area contributed by atoms with Gasteiger partial charge in [0.05, 0.1) is 17.6 Å². The van der Waals surface area contributed by atoms with E-state index in [1.54, 1.807) is 23.1 Å². The lowest BCUT2D eigenvalue weighted by molar-refractivity contribution is -0.145. The fraction of sp³-hybridized carbons (Fsp3) is 0.467. The first-order valence-corrected chi connectivity index (χ1v) is 7.02. The monoisotopic (exact) mass is 290 g/mol. The molecule has 112 valence electrons. The topological polar surface area (TPSA) is 78.9 Å². The van der Waals surface area contributed by atoms with Gasteiger partial charge in [-0.15, -0.1) is 0 Å². The number of nitrogens with zero attached hydrogens (tertiary/aromatic N) is 1. The molecule has 2 heterocycles. The largest absolute Gasteiger partial charge is 0.478 e. The molecule has 6 heteroatoms. The summed E-state index contributed by atoms with van der Waals surface area (Å²) in [5, 5.41) is 12.4. The normalized spacial score (nSPS) is 27.9. The average Bonchev–Trinajstić information content (AvgIpc) is 2.93. The number of nitrogens with one attached hydrogen (secondary N) is 1. The summed E-state index contributed by atoms with van der Waals surface area (Å²) in [6.45, 7) is 3.38. The van der Waals surface area contributed by atoms with Gasteiger partial charge in [0.25, 0.3) is 0 Å². The second-order valence-corrected chi connectivity index (χ2v) is 5.82. The highest BCUT2D eigenvalue weighted by atomic mass is 16.5. The van der Waals surface area contributed by atoms with Crippen molar-refractivity contribution < 1.29 is 19.4 Å². The molecule has 0 saturated carbocycles. The molecule has 2 unspecified atom stereocenters. The summed E-state index contributed by atoms with van der Waals surface area (Å²) < 4.78 is 5.46. The molecule has 6 nitrogen and oxygen atoms in total. The van der Waals surface area contributed by atoms with Gasteiger partial charge in [-0.05, 0) is 32.0 Å². The molecule has 1 aromatic rings. The van der Waals surface area contributed by atoms with Crippen LogP contribution < -0.4 is 15.0 Å². The lowest BCUT2D eigenvalue weighted by atomic mass is 9.87. The van der Waals surface area contributed by atoms with Crippen molar-refractivity contribution in [3.63, 3.8) is 0 Å². The smallest absolute Gasteiger partial charge is 0.346 e. The Labute approximate surface area is 122 Å². The molecule has 3 rings (SSSR count). The van der Waals surface area contributed by atoms with Crippen LogP contribution in [0, 0.1) is 5.41 Å². The summed E-state index contributed by atoms with van der Waals surface area (Å²) in [4.78, 5) is 25.7. The summed E-state index contributed by atoms with van der Waals surface area (Å²) in [6, 6.07) is 7.07. The van der Waals surface area contributed by atoms with Crippen molar-refractivity contribution in [2.45, 2.75) is 19.4 Å². The van der Waals surface area contributed by atoms with Gasteiger partial charge in [0.2, 0.25) is 12.0 Å². The van der Waals surface area contributed by atoms with Crippen LogP contribution in [-0.4, -0.2) is 42.7 Å². The van der Waals surface area contributed by atoms with E-state index in [0.717, 1.165) is 13.0 Å². The zero-order valence-electron chi connectivity index (χ0n) is 11.8. The molecule has 0 bridgehead atoms. The van der Waals surface area contributed by atoms with Gasteiger partial charge < -0.3 is 20.1 Å². The summed E-state index contributed by atoms with van der Waals surface area (Å²) in [5.41, 5.74) is 0.154. The second kappa shape index (κ2) is 5.04. The van der Waals surface area contributed by atoms with Crippen molar-refractivity contribution in [1.29, 1.82) is 0 Å². The maximum absolute atomic E-state index is 12.9. The van der Waals surface area contributed by atoms with Gasteiger partial charge in [-0.1, -0.05) is 12.1 Å². The molecule has 21 heavy (non-hydrogen) atoms. The lowest BCUT2D eigenvalue weighted by Crippen LogP contribution is -2.52. The number of anilines is 1. The third kappa shape index (κ3) is 2.35. The SMILES string of the molecule is CC1(C(=O)N2CC(C(=O)O)Oc3ccccc32)CCNC1. The summed E-state index contributed by atoms with van der Waals surface area (Å²) >= 11 is 0. The van der Waals surface area contributed by atoms with Crippen LogP contribution in [0.5, 0.6) is 5.75 Å². The Morgan fingerprint density at radius 1 is 1.43 bits per heavy atom. The Morgan fingerprint density at radius 3 is 2.86 bits per heavy atom. The first-order chi connectivity index (χ1) is 10.0. The number of carbonyl (C=O) groups excluding carboxylic acids is 1. The number of benzene rings is 1. The molecule has 0 spiro atoms. The zero-order valence-corrected chi connectivity index (χ0v) is 11.8. The maximum atomic E-state index is 12.9. The van der Waals surface area contributed by atoms with Crippen LogP contribution in [0.1, 0.15) is 13.3 Å². The molecule has 1 aromatic carbocycles. The molecule has 2 aliphatic rings. The highest BCUT2D eigenvalue weighted by molar-refractivity contribution is 6.00. The van der Waals surface area contributed by atoms with Crippen molar-refractivity contribution in [2.75, 3.05) is 24.5 Å². The van der Waals surface area contributed by atoms with Gasteiger partial charge in [0.1, 0.15) is 5.75 Å². The molecule has 0 radical (unpaired) electrons. The number of hydrogen-bond acceptors (Lipinski definition) is 4. The Hall–Kier alpha value is -2.08. The lowest BCUT2D eigenvalue weighted by Gasteiger charge is -2.37.